The van der Waals surface area contributed by atoms with Crippen molar-refractivity contribution in [2.75, 3.05) is 12.4 Å². The van der Waals surface area contributed by atoms with Crippen molar-refractivity contribution in [3.8, 4) is 0 Å². The number of alkyl halides is 1. The van der Waals surface area contributed by atoms with E-state index in [-0.39, 0.29) is 17.2 Å². The lowest BCUT2D eigenvalue weighted by molar-refractivity contribution is -0.118. The standard InChI is InChI=1S/C18H18ClNO/c19-12-17(21)20-13-16-11-18(16,14-7-3-1-4-8-14)15-9-5-2-6-10-15/h1-10,16H,11-13H2,(H,20,21). The third-order valence-electron chi connectivity index (χ3n) is 4.35. The lowest BCUT2D eigenvalue weighted by Crippen LogP contribution is -2.29. The SMILES string of the molecule is O=C(CCl)NCC1CC1(c1ccccc1)c1ccccc1. The Morgan fingerprint density at radius 2 is 1.57 bits per heavy atom. The summed E-state index contributed by atoms with van der Waals surface area (Å²) in [6, 6.07) is 21.1. The minimum Gasteiger partial charge on any atom is -0.355 e. The van der Waals surface area contributed by atoms with E-state index >= 15 is 0 Å². The number of hydrogen-bond acceptors (Lipinski definition) is 1. The molecule has 1 atom stereocenters. The zero-order chi connectivity index (χ0) is 14.7. The molecule has 1 saturated carbocycles. The predicted molar refractivity (Wildman–Crippen MR) is 85.5 cm³/mol. The highest BCUT2D eigenvalue weighted by molar-refractivity contribution is 6.27. The number of carbonyl (C=O) groups excluding carboxylic acids is 1. The van der Waals surface area contributed by atoms with Gasteiger partial charge in [-0.3, -0.25) is 4.79 Å². The van der Waals surface area contributed by atoms with E-state index in [4.69, 9.17) is 11.6 Å². The Labute approximate surface area is 130 Å². The molecule has 1 fully saturated rings. The average Bonchev–Trinajstić information content (AvgIpc) is 3.30. The summed E-state index contributed by atoms with van der Waals surface area (Å²) in [4.78, 5) is 11.4. The monoisotopic (exact) mass is 299 g/mol. The summed E-state index contributed by atoms with van der Waals surface area (Å²) in [6.07, 6.45) is 1.06. The molecular weight excluding hydrogens is 282 g/mol. The molecule has 21 heavy (non-hydrogen) atoms. The molecule has 2 aromatic rings. The molecule has 1 aliphatic rings. The van der Waals surface area contributed by atoms with Crippen molar-refractivity contribution >= 4 is 17.5 Å². The molecular formula is C18H18ClNO. The van der Waals surface area contributed by atoms with Crippen LogP contribution in [0.4, 0.5) is 0 Å². The summed E-state index contributed by atoms with van der Waals surface area (Å²) >= 11 is 5.55. The van der Waals surface area contributed by atoms with Crippen LogP contribution in [0.5, 0.6) is 0 Å². The summed E-state index contributed by atoms with van der Waals surface area (Å²) in [5, 5.41) is 2.92. The lowest BCUT2D eigenvalue weighted by Gasteiger charge is -2.19. The smallest absolute Gasteiger partial charge is 0.234 e. The fourth-order valence-electron chi connectivity index (χ4n) is 3.21. The third kappa shape index (κ3) is 2.68. The molecule has 1 N–H and O–H groups in total. The van der Waals surface area contributed by atoms with Gasteiger partial charge in [-0.15, -0.1) is 11.6 Å². The van der Waals surface area contributed by atoms with Crippen molar-refractivity contribution in [2.24, 2.45) is 5.92 Å². The number of amides is 1. The molecule has 0 saturated heterocycles. The molecule has 0 aromatic heterocycles. The summed E-state index contributed by atoms with van der Waals surface area (Å²) in [7, 11) is 0. The van der Waals surface area contributed by atoms with Crippen molar-refractivity contribution in [1.82, 2.24) is 5.32 Å². The maximum absolute atomic E-state index is 11.4. The molecule has 3 heteroatoms. The second-order valence-corrected chi connectivity index (χ2v) is 5.81. The van der Waals surface area contributed by atoms with Crippen molar-refractivity contribution in [1.29, 1.82) is 0 Å². The minimum absolute atomic E-state index is 0.0242. The van der Waals surface area contributed by atoms with Gasteiger partial charge in [0.1, 0.15) is 5.88 Å². The van der Waals surface area contributed by atoms with Gasteiger partial charge >= 0.3 is 0 Å². The van der Waals surface area contributed by atoms with E-state index in [1.54, 1.807) is 0 Å². The van der Waals surface area contributed by atoms with Crippen molar-refractivity contribution < 1.29 is 4.79 Å². The van der Waals surface area contributed by atoms with Gasteiger partial charge in [-0.25, -0.2) is 0 Å². The normalized spacial score (nSPS) is 19.0. The molecule has 1 amide bonds. The quantitative estimate of drug-likeness (QED) is 0.843. The zero-order valence-corrected chi connectivity index (χ0v) is 12.5. The Morgan fingerprint density at radius 1 is 1.05 bits per heavy atom. The lowest BCUT2D eigenvalue weighted by atomic mass is 9.86. The first-order valence-corrected chi connectivity index (χ1v) is 7.74. The highest BCUT2D eigenvalue weighted by atomic mass is 35.5. The van der Waals surface area contributed by atoms with Gasteiger partial charge in [0.25, 0.3) is 0 Å². The van der Waals surface area contributed by atoms with Gasteiger partial charge in [0.05, 0.1) is 0 Å². The Morgan fingerprint density at radius 3 is 2.05 bits per heavy atom. The summed E-state index contributed by atoms with van der Waals surface area (Å²) < 4.78 is 0. The van der Waals surface area contributed by atoms with Crippen LogP contribution in [0.2, 0.25) is 0 Å². The van der Waals surface area contributed by atoms with Crippen LogP contribution in [-0.4, -0.2) is 18.3 Å². The van der Waals surface area contributed by atoms with Crippen LogP contribution in [0.3, 0.4) is 0 Å². The number of benzene rings is 2. The van der Waals surface area contributed by atoms with Gasteiger partial charge in [-0.2, -0.15) is 0 Å². The van der Waals surface area contributed by atoms with E-state index < -0.39 is 0 Å². The largest absolute Gasteiger partial charge is 0.355 e. The highest BCUT2D eigenvalue weighted by Crippen LogP contribution is 2.58. The fraction of sp³-hybridized carbons (Fsp3) is 0.278. The highest BCUT2D eigenvalue weighted by Gasteiger charge is 2.55. The molecule has 0 bridgehead atoms. The molecule has 0 aliphatic heterocycles. The average molecular weight is 300 g/mol. The second-order valence-electron chi connectivity index (χ2n) is 5.54. The minimum atomic E-state index is -0.0985. The number of rotatable bonds is 5. The molecule has 3 rings (SSSR count). The van der Waals surface area contributed by atoms with Gasteiger partial charge in [0, 0.05) is 12.0 Å². The van der Waals surface area contributed by atoms with Crippen LogP contribution < -0.4 is 5.32 Å². The molecule has 2 nitrogen and oxygen atoms in total. The van der Waals surface area contributed by atoms with E-state index in [9.17, 15) is 4.79 Å². The Kier molecular flexibility index (Phi) is 3.98. The first-order valence-electron chi connectivity index (χ1n) is 7.21. The van der Waals surface area contributed by atoms with Gasteiger partial charge in [0.15, 0.2) is 0 Å². The van der Waals surface area contributed by atoms with E-state index in [0.717, 1.165) is 6.42 Å². The fourth-order valence-corrected chi connectivity index (χ4v) is 3.30. The van der Waals surface area contributed by atoms with Crippen LogP contribution in [0.25, 0.3) is 0 Å². The van der Waals surface area contributed by atoms with Gasteiger partial charge in [0.2, 0.25) is 5.91 Å². The van der Waals surface area contributed by atoms with Crippen LogP contribution in [-0.2, 0) is 10.2 Å². The van der Waals surface area contributed by atoms with E-state index in [1.165, 1.54) is 11.1 Å². The Balaban J connectivity index is 1.87. The zero-order valence-electron chi connectivity index (χ0n) is 11.8. The molecule has 0 heterocycles. The first-order chi connectivity index (χ1) is 10.3. The summed E-state index contributed by atoms with van der Waals surface area (Å²) in [5.41, 5.74) is 2.67. The van der Waals surface area contributed by atoms with E-state index in [1.807, 2.05) is 12.1 Å². The van der Waals surface area contributed by atoms with Crippen molar-refractivity contribution in [3.63, 3.8) is 0 Å². The van der Waals surface area contributed by atoms with Gasteiger partial charge in [-0.1, -0.05) is 60.7 Å². The Hall–Kier alpha value is -1.80. The van der Waals surface area contributed by atoms with E-state index in [2.05, 4.69) is 53.8 Å². The molecule has 1 unspecified atom stereocenters. The van der Waals surface area contributed by atoms with Crippen molar-refractivity contribution in [3.05, 3.63) is 71.8 Å². The second kappa shape index (κ2) is 5.90. The first kappa shape index (κ1) is 14.2. The maximum Gasteiger partial charge on any atom is 0.234 e. The third-order valence-corrected chi connectivity index (χ3v) is 4.59. The summed E-state index contributed by atoms with van der Waals surface area (Å²) in [6.45, 7) is 0.676. The maximum atomic E-state index is 11.4. The van der Waals surface area contributed by atoms with E-state index in [0.29, 0.717) is 12.5 Å². The molecule has 0 spiro atoms. The number of nitrogens with one attached hydrogen (secondary N) is 1. The number of carbonyl (C=O) groups is 1. The van der Waals surface area contributed by atoms with Crippen molar-refractivity contribution in [2.45, 2.75) is 11.8 Å². The topological polar surface area (TPSA) is 29.1 Å². The summed E-state index contributed by atoms with van der Waals surface area (Å²) in [5.74, 6) is 0.351. The molecule has 108 valence electrons. The number of hydrogen-bond donors (Lipinski definition) is 1. The predicted octanol–water partition coefficient (Wildman–Crippen LogP) is 3.35. The van der Waals surface area contributed by atoms with Crippen LogP contribution in [0, 0.1) is 5.92 Å². The molecule has 1 aliphatic carbocycles. The van der Waals surface area contributed by atoms with Crippen LogP contribution >= 0.6 is 11.6 Å². The number of halogens is 1. The van der Waals surface area contributed by atoms with Gasteiger partial charge < -0.3 is 5.32 Å². The molecule has 0 radical (unpaired) electrons. The van der Waals surface area contributed by atoms with Crippen LogP contribution in [0.1, 0.15) is 17.5 Å². The van der Waals surface area contributed by atoms with Crippen LogP contribution in [0.15, 0.2) is 60.7 Å². The Bertz CT molecular complexity index is 572. The molecule has 2 aromatic carbocycles. The van der Waals surface area contributed by atoms with Gasteiger partial charge in [-0.05, 0) is 23.5 Å².